The summed E-state index contributed by atoms with van der Waals surface area (Å²) < 4.78 is 9.81. The third-order valence-corrected chi connectivity index (χ3v) is 3.45. The number of rotatable bonds is 4. The highest BCUT2D eigenvalue weighted by Crippen LogP contribution is 2.25. The van der Waals surface area contributed by atoms with Gasteiger partial charge in [0.25, 0.3) is 0 Å². The number of carbonyl (C=O) groups is 1. The molecule has 0 amide bonds. The molecule has 0 aliphatic heterocycles. The van der Waals surface area contributed by atoms with Crippen molar-refractivity contribution in [2.45, 2.75) is 17.3 Å². The molecule has 1 atom stereocenters. The van der Waals surface area contributed by atoms with Crippen LogP contribution in [-0.2, 0) is 9.53 Å². The van der Waals surface area contributed by atoms with E-state index in [-0.39, 0.29) is 11.2 Å². The summed E-state index contributed by atoms with van der Waals surface area (Å²) in [5, 5.41) is 0.397. The van der Waals surface area contributed by atoms with Crippen LogP contribution in [-0.4, -0.2) is 35.4 Å². The number of esters is 1. The summed E-state index contributed by atoms with van der Waals surface area (Å²) in [6.07, 6.45) is 0. The van der Waals surface area contributed by atoms with Gasteiger partial charge in [0, 0.05) is 6.07 Å². The normalized spacial score (nSPS) is 12.4. The molecular formula is C12H14N2O3S. The molecule has 5 nitrogen and oxygen atoms in total. The lowest BCUT2D eigenvalue weighted by molar-refractivity contribution is -0.139. The van der Waals surface area contributed by atoms with E-state index in [1.54, 1.807) is 14.0 Å². The number of aromatic amines is 1. The number of benzene rings is 1. The van der Waals surface area contributed by atoms with E-state index in [1.165, 1.54) is 18.9 Å². The van der Waals surface area contributed by atoms with Gasteiger partial charge in [-0.05, 0) is 19.1 Å². The maximum Gasteiger partial charge on any atom is 0.318 e. The minimum atomic E-state index is -0.294. The Morgan fingerprint density at radius 1 is 1.44 bits per heavy atom. The van der Waals surface area contributed by atoms with Crippen LogP contribution in [0.2, 0.25) is 0 Å². The number of hydrogen-bond acceptors (Lipinski definition) is 5. The zero-order chi connectivity index (χ0) is 13.1. The molecule has 0 aliphatic carbocycles. The third-order valence-electron chi connectivity index (χ3n) is 2.49. The minimum Gasteiger partial charge on any atom is -0.497 e. The Morgan fingerprint density at radius 2 is 2.22 bits per heavy atom. The highest BCUT2D eigenvalue weighted by molar-refractivity contribution is 8.00. The number of nitrogens with zero attached hydrogens (tertiary/aromatic N) is 1. The van der Waals surface area contributed by atoms with Crippen LogP contribution in [0.1, 0.15) is 6.92 Å². The third kappa shape index (κ3) is 2.59. The van der Waals surface area contributed by atoms with Crippen molar-refractivity contribution in [3.63, 3.8) is 0 Å². The van der Waals surface area contributed by atoms with Gasteiger partial charge in [0.05, 0.1) is 25.3 Å². The average molecular weight is 266 g/mol. The quantitative estimate of drug-likeness (QED) is 0.679. The van der Waals surface area contributed by atoms with E-state index in [0.29, 0.717) is 5.16 Å². The fraction of sp³-hybridized carbons (Fsp3) is 0.333. The number of hydrogen-bond donors (Lipinski definition) is 1. The summed E-state index contributed by atoms with van der Waals surface area (Å²) in [5.74, 6) is 0.502. The van der Waals surface area contributed by atoms with Crippen LogP contribution in [0.4, 0.5) is 0 Å². The number of aromatic nitrogens is 2. The van der Waals surface area contributed by atoms with Gasteiger partial charge in [-0.2, -0.15) is 0 Å². The second kappa shape index (κ2) is 5.30. The zero-order valence-electron chi connectivity index (χ0n) is 10.4. The molecule has 1 heterocycles. The van der Waals surface area contributed by atoms with E-state index in [0.717, 1.165) is 16.8 Å². The van der Waals surface area contributed by atoms with Crippen molar-refractivity contribution < 1.29 is 14.3 Å². The van der Waals surface area contributed by atoms with Crippen molar-refractivity contribution >= 4 is 28.8 Å². The minimum absolute atomic E-state index is 0.266. The molecule has 1 unspecified atom stereocenters. The molecule has 1 aromatic carbocycles. The highest BCUT2D eigenvalue weighted by atomic mass is 32.2. The first-order valence-corrected chi connectivity index (χ1v) is 6.30. The topological polar surface area (TPSA) is 64.2 Å². The van der Waals surface area contributed by atoms with Gasteiger partial charge in [-0.3, -0.25) is 4.79 Å². The maximum absolute atomic E-state index is 11.3. The largest absolute Gasteiger partial charge is 0.497 e. The van der Waals surface area contributed by atoms with Crippen molar-refractivity contribution in [2.75, 3.05) is 14.2 Å². The predicted octanol–water partition coefficient (Wildman–Crippen LogP) is 2.23. The molecule has 0 bridgehead atoms. The Bertz CT molecular complexity index is 567. The van der Waals surface area contributed by atoms with Gasteiger partial charge in [-0.25, -0.2) is 4.98 Å². The molecule has 2 aromatic rings. The van der Waals surface area contributed by atoms with Gasteiger partial charge < -0.3 is 14.5 Å². The summed E-state index contributed by atoms with van der Waals surface area (Å²) >= 11 is 1.33. The van der Waals surface area contributed by atoms with Crippen LogP contribution in [0.25, 0.3) is 11.0 Å². The van der Waals surface area contributed by atoms with Crippen LogP contribution in [0.3, 0.4) is 0 Å². The number of carbonyl (C=O) groups excluding carboxylic acids is 1. The number of methoxy groups -OCH3 is 2. The first-order valence-electron chi connectivity index (χ1n) is 5.42. The molecule has 18 heavy (non-hydrogen) atoms. The lowest BCUT2D eigenvalue weighted by Gasteiger charge is -2.05. The number of H-pyrrole nitrogens is 1. The van der Waals surface area contributed by atoms with Gasteiger partial charge in [0.2, 0.25) is 0 Å². The summed E-state index contributed by atoms with van der Waals surface area (Å²) in [4.78, 5) is 18.9. The molecule has 1 N–H and O–H groups in total. The highest BCUT2D eigenvalue weighted by Gasteiger charge is 2.16. The number of thioether (sulfide) groups is 1. The second-order valence-corrected chi connectivity index (χ2v) is 5.04. The Morgan fingerprint density at radius 3 is 2.89 bits per heavy atom. The molecule has 0 fully saturated rings. The van der Waals surface area contributed by atoms with Crippen LogP contribution in [0.5, 0.6) is 5.75 Å². The fourth-order valence-electron chi connectivity index (χ4n) is 1.53. The Balaban J connectivity index is 2.22. The van der Waals surface area contributed by atoms with Crippen molar-refractivity contribution in [2.24, 2.45) is 0 Å². The smallest absolute Gasteiger partial charge is 0.318 e. The molecule has 0 radical (unpaired) electrons. The maximum atomic E-state index is 11.3. The van der Waals surface area contributed by atoms with E-state index in [2.05, 4.69) is 14.7 Å². The van der Waals surface area contributed by atoms with E-state index in [9.17, 15) is 4.79 Å². The van der Waals surface area contributed by atoms with Gasteiger partial charge in [-0.1, -0.05) is 11.8 Å². The van der Waals surface area contributed by atoms with Crippen molar-refractivity contribution in [1.29, 1.82) is 0 Å². The van der Waals surface area contributed by atoms with Gasteiger partial charge >= 0.3 is 5.97 Å². The average Bonchev–Trinajstić information content (AvgIpc) is 2.78. The van der Waals surface area contributed by atoms with E-state index < -0.39 is 0 Å². The van der Waals surface area contributed by atoms with Gasteiger partial charge in [0.15, 0.2) is 5.16 Å². The standard InChI is InChI=1S/C12H14N2O3S/c1-7(11(15)17-3)18-12-13-9-5-4-8(16-2)6-10(9)14-12/h4-7H,1-3H3,(H,13,14). The van der Waals surface area contributed by atoms with Crippen LogP contribution in [0, 0.1) is 0 Å². The Hall–Kier alpha value is -1.69. The van der Waals surface area contributed by atoms with Crippen molar-refractivity contribution in [3.8, 4) is 5.75 Å². The lowest BCUT2D eigenvalue weighted by atomic mass is 10.3. The Kier molecular flexibility index (Phi) is 3.76. The second-order valence-electron chi connectivity index (χ2n) is 3.71. The van der Waals surface area contributed by atoms with Gasteiger partial charge in [-0.15, -0.1) is 0 Å². The molecule has 0 saturated carbocycles. The van der Waals surface area contributed by atoms with Crippen LogP contribution >= 0.6 is 11.8 Å². The lowest BCUT2D eigenvalue weighted by Crippen LogP contribution is -2.14. The SMILES string of the molecule is COC(=O)C(C)Sc1nc2ccc(OC)cc2[nH]1. The molecule has 6 heteroatoms. The Labute approximate surface area is 109 Å². The number of fused-ring (bicyclic) bond motifs is 1. The summed E-state index contributed by atoms with van der Waals surface area (Å²) in [6, 6.07) is 5.59. The summed E-state index contributed by atoms with van der Waals surface area (Å²) in [5.41, 5.74) is 1.73. The molecule has 96 valence electrons. The zero-order valence-corrected chi connectivity index (χ0v) is 11.2. The molecule has 2 rings (SSSR count). The molecule has 1 aromatic heterocycles. The van der Waals surface area contributed by atoms with E-state index in [4.69, 9.17) is 4.74 Å². The van der Waals surface area contributed by atoms with E-state index >= 15 is 0 Å². The number of nitrogens with one attached hydrogen (secondary N) is 1. The summed E-state index contributed by atoms with van der Waals surface area (Å²) in [7, 11) is 3.00. The van der Waals surface area contributed by atoms with Gasteiger partial charge in [0.1, 0.15) is 11.0 Å². The van der Waals surface area contributed by atoms with Crippen LogP contribution in [0.15, 0.2) is 23.4 Å². The monoisotopic (exact) mass is 266 g/mol. The summed E-state index contributed by atoms with van der Waals surface area (Å²) in [6.45, 7) is 1.78. The number of ether oxygens (including phenoxy) is 2. The molecule has 0 spiro atoms. The fourth-order valence-corrected chi connectivity index (χ4v) is 2.38. The molecular weight excluding hydrogens is 252 g/mol. The van der Waals surface area contributed by atoms with Crippen molar-refractivity contribution in [1.82, 2.24) is 9.97 Å². The number of imidazole rings is 1. The van der Waals surface area contributed by atoms with Crippen LogP contribution < -0.4 is 4.74 Å². The first kappa shape index (κ1) is 12.8. The molecule has 0 aliphatic rings. The predicted molar refractivity (Wildman–Crippen MR) is 70.0 cm³/mol. The molecule has 0 saturated heterocycles. The van der Waals surface area contributed by atoms with E-state index in [1.807, 2.05) is 18.2 Å². The van der Waals surface area contributed by atoms with Crippen molar-refractivity contribution in [3.05, 3.63) is 18.2 Å². The first-order chi connectivity index (χ1) is 8.63.